The SMILES string of the molecule is CC1Sc2ccc(C(=O)N3CCCCC3CNC(=O)CCN)cc2NC1=O. The lowest BCUT2D eigenvalue weighted by Crippen LogP contribution is -2.49. The quantitative estimate of drug-likeness (QED) is 0.708. The van der Waals surface area contributed by atoms with Crippen molar-refractivity contribution in [3.05, 3.63) is 23.8 Å². The van der Waals surface area contributed by atoms with Crippen molar-refractivity contribution in [1.29, 1.82) is 0 Å². The zero-order valence-electron chi connectivity index (χ0n) is 15.5. The number of thioether (sulfide) groups is 1. The van der Waals surface area contributed by atoms with Gasteiger partial charge in [0.05, 0.1) is 10.9 Å². The first-order chi connectivity index (χ1) is 13.0. The van der Waals surface area contributed by atoms with Crippen molar-refractivity contribution >= 4 is 35.2 Å². The molecule has 2 unspecified atom stereocenters. The van der Waals surface area contributed by atoms with Gasteiger partial charge in [0, 0.05) is 42.6 Å². The van der Waals surface area contributed by atoms with Crippen LogP contribution < -0.4 is 16.4 Å². The van der Waals surface area contributed by atoms with Crippen molar-refractivity contribution < 1.29 is 14.4 Å². The van der Waals surface area contributed by atoms with Gasteiger partial charge >= 0.3 is 0 Å². The first-order valence-corrected chi connectivity index (χ1v) is 10.3. The molecule has 1 saturated heterocycles. The van der Waals surface area contributed by atoms with Gasteiger partial charge < -0.3 is 21.3 Å². The van der Waals surface area contributed by atoms with Crippen LogP contribution >= 0.6 is 11.8 Å². The molecule has 3 rings (SSSR count). The molecule has 0 radical (unpaired) electrons. The van der Waals surface area contributed by atoms with Gasteiger partial charge in [0.25, 0.3) is 5.91 Å². The summed E-state index contributed by atoms with van der Waals surface area (Å²) in [5.41, 5.74) is 6.66. The third kappa shape index (κ3) is 4.62. The number of likely N-dealkylation sites (tertiary alicyclic amines) is 1. The number of hydrogen-bond acceptors (Lipinski definition) is 5. The number of piperidine rings is 1. The number of anilines is 1. The molecule has 0 saturated carbocycles. The van der Waals surface area contributed by atoms with Crippen molar-refractivity contribution in [2.24, 2.45) is 5.73 Å². The van der Waals surface area contributed by atoms with E-state index in [2.05, 4.69) is 10.6 Å². The molecule has 2 heterocycles. The first kappa shape index (κ1) is 19.7. The predicted octanol–water partition coefficient (Wildman–Crippen LogP) is 1.58. The van der Waals surface area contributed by atoms with Crippen LogP contribution in [-0.2, 0) is 9.59 Å². The Bertz CT molecular complexity index is 740. The van der Waals surface area contributed by atoms with E-state index >= 15 is 0 Å². The van der Waals surface area contributed by atoms with E-state index in [1.807, 2.05) is 24.0 Å². The topological polar surface area (TPSA) is 105 Å². The smallest absolute Gasteiger partial charge is 0.254 e. The van der Waals surface area contributed by atoms with Crippen LogP contribution in [-0.4, -0.2) is 53.5 Å². The van der Waals surface area contributed by atoms with E-state index in [0.717, 1.165) is 24.2 Å². The molecule has 1 fully saturated rings. The molecule has 4 N–H and O–H groups in total. The first-order valence-electron chi connectivity index (χ1n) is 9.39. The number of amides is 3. The summed E-state index contributed by atoms with van der Waals surface area (Å²) in [6.07, 6.45) is 3.15. The summed E-state index contributed by atoms with van der Waals surface area (Å²) in [6, 6.07) is 5.45. The van der Waals surface area contributed by atoms with Crippen molar-refractivity contribution in [1.82, 2.24) is 10.2 Å². The highest BCUT2D eigenvalue weighted by molar-refractivity contribution is 8.00. The summed E-state index contributed by atoms with van der Waals surface area (Å²) in [6.45, 7) is 3.29. The Kier molecular flexibility index (Phi) is 6.38. The van der Waals surface area contributed by atoms with Crippen LogP contribution in [0.5, 0.6) is 0 Å². The normalized spacial score (nSPS) is 22.0. The Labute approximate surface area is 163 Å². The maximum atomic E-state index is 13.1. The monoisotopic (exact) mass is 390 g/mol. The lowest BCUT2D eigenvalue weighted by molar-refractivity contribution is -0.121. The molecular formula is C19H26N4O3S. The van der Waals surface area contributed by atoms with Crippen molar-refractivity contribution in [3.8, 4) is 0 Å². The molecule has 7 nitrogen and oxygen atoms in total. The van der Waals surface area contributed by atoms with Gasteiger partial charge in [-0.25, -0.2) is 0 Å². The standard InChI is InChI=1S/C19H26N4O3S/c1-12-18(25)22-15-10-13(5-6-16(15)27-12)19(26)23-9-3-2-4-14(23)11-21-17(24)7-8-20/h5-6,10,12,14H,2-4,7-9,11,20H2,1H3,(H,21,24)(H,22,25). The molecule has 3 amide bonds. The number of carbonyl (C=O) groups is 3. The molecular weight excluding hydrogens is 364 g/mol. The largest absolute Gasteiger partial charge is 0.354 e. The highest BCUT2D eigenvalue weighted by Gasteiger charge is 2.29. The molecule has 2 aliphatic rings. The summed E-state index contributed by atoms with van der Waals surface area (Å²) in [5.74, 6) is -0.192. The maximum absolute atomic E-state index is 13.1. The molecule has 8 heteroatoms. The summed E-state index contributed by atoms with van der Waals surface area (Å²) < 4.78 is 0. The van der Waals surface area contributed by atoms with Crippen LogP contribution in [0.3, 0.4) is 0 Å². The Morgan fingerprint density at radius 1 is 1.37 bits per heavy atom. The minimum atomic E-state index is -0.136. The second kappa shape index (κ2) is 8.75. The molecule has 27 heavy (non-hydrogen) atoms. The lowest BCUT2D eigenvalue weighted by Gasteiger charge is -2.36. The zero-order valence-corrected chi connectivity index (χ0v) is 16.3. The number of hydrogen-bond donors (Lipinski definition) is 3. The molecule has 2 aliphatic heterocycles. The Hall–Kier alpha value is -2.06. The van der Waals surface area contributed by atoms with Crippen LogP contribution in [0.2, 0.25) is 0 Å². The van der Waals surface area contributed by atoms with Gasteiger partial charge in [0.2, 0.25) is 11.8 Å². The van der Waals surface area contributed by atoms with Crippen molar-refractivity contribution in [2.45, 2.75) is 48.8 Å². The fraction of sp³-hybridized carbons (Fsp3) is 0.526. The fourth-order valence-corrected chi connectivity index (χ4v) is 4.37. The number of rotatable bonds is 5. The van der Waals surface area contributed by atoms with Crippen LogP contribution in [0, 0.1) is 0 Å². The van der Waals surface area contributed by atoms with E-state index in [1.165, 1.54) is 11.8 Å². The number of carbonyl (C=O) groups excluding carboxylic acids is 3. The summed E-state index contributed by atoms with van der Waals surface area (Å²) in [4.78, 5) is 39.5. The summed E-state index contributed by atoms with van der Waals surface area (Å²) in [7, 11) is 0. The van der Waals surface area contributed by atoms with E-state index in [9.17, 15) is 14.4 Å². The lowest BCUT2D eigenvalue weighted by atomic mass is 10.0. The predicted molar refractivity (Wildman–Crippen MR) is 106 cm³/mol. The van der Waals surface area contributed by atoms with E-state index in [-0.39, 0.29) is 29.0 Å². The van der Waals surface area contributed by atoms with Gasteiger partial charge in [-0.05, 0) is 44.4 Å². The van der Waals surface area contributed by atoms with Crippen LogP contribution in [0.4, 0.5) is 5.69 Å². The van der Waals surface area contributed by atoms with E-state index in [0.29, 0.717) is 37.3 Å². The number of benzene rings is 1. The van der Waals surface area contributed by atoms with E-state index in [1.54, 1.807) is 6.07 Å². The van der Waals surface area contributed by atoms with Gasteiger partial charge in [-0.3, -0.25) is 14.4 Å². The van der Waals surface area contributed by atoms with Gasteiger partial charge in [0.1, 0.15) is 0 Å². The summed E-state index contributed by atoms with van der Waals surface area (Å²) in [5, 5.41) is 5.61. The molecule has 0 aromatic heterocycles. The molecule has 146 valence electrons. The molecule has 1 aromatic carbocycles. The van der Waals surface area contributed by atoms with Gasteiger partial charge in [-0.2, -0.15) is 0 Å². The molecule has 2 atom stereocenters. The maximum Gasteiger partial charge on any atom is 0.254 e. The van der Waals surface area contributed by atoms with Crippen molar-refractivity contribution in [2.75, 3.05) is 25.0 Å². The second-order valence-electron chi connectivity index (χ2n) is 6.95. The molecule has 1 aromatic rings. The average molecular weight is 391 g/mol. The van der Waals surface area contributed by atoms with E-state index < -0.39 is 0 Å². The Balaban J connectivity index is 1.72. The van der Waals surface area contributed by atoms with Crippen LogP contribution in [0.15, 0.2) is 23.1 Å². The number of nitrogens with one attached hydrogen (secondary N) is 2. The Morgan fingerprint density at radius 2 is 2.19 bits per heavy atom. The minimum Gasteiger partial charge on any atom is -0.354 e. The summed E-state index contributed by atoms with van der Waals surface area (Å²) >= 11 is 1.50. The highest BCUT2D eigenvalue weighted by atomic mass is 32.2. The van der Waals surface area contributed by atoms with Gasteiger partial charge in [-0.1, -0.05) is 0 Å². The van der Waals surface area contributed by atoms with Gasteiger partial charge in [-0.15, -0.1) is 11.8 Å². The van der Waals surface area contributed by atoms with Crippen LogP contribution in [0.1, 0.15) is 43.0 Å². The van der Waals surface area contributed by atoms with Crippen LogP contribution in [0.25, 0.3) is 0 Å². The minimum absolute atomic E-state index is 0.0204. The average Bonchev–Trinajstić information content (AvgIpc) is 2.67. The second-order valence-corrected chi connectivity index (χ2v) is 8.33. The fourth-order valence-electron chi connectivity index (χ4n) is 3.44. The number of nitrogens with zero attached hydrogens (tertiary/aromatic N) is 1. The molecule has 0 aliphatic carbocycles. The van der Waals surface area contributed by atoms with Crippen molar-refractivity contribution in [3.63, 3.8) is 0 Å². The molecule has 0 bridgehead atoms. The Morgan fingerprint density at radius 3 is 2.96 bits per heavy atom. The number of fused-ring (bicyclic) bond motifs is 1. The zero-order chi connectivity index (χ0) is 19.4. The van der Waals surface area contributed by atoms with Gasteiger partial charge in [0.15, 0.2) is 0 Å². The van der Waals surface area contributed by atoms with E-state index in [4.69, 9.17) is 5.73 Å². The molecule has 0 spiro atoms. The number of nitrogens with two attached hydrogens (primary N) is 1. The third-order valence-electron chi connectivity index (χ3n) is 4.95. The third-order valence-corrected chi connectivity index (χ3v) is 6.13. The highest BCUT2D eigenvalue weighted by Crippen LogP contribution is 2.36.